The third-order valence-corrected chi connectivity index (χ3v) is 3.02. The molecule has 1 atom stereocenters. The van der Waals surface area contributed by atoms with Crippen LogP contribution in [0.3, 0.4) is 0 Å². The van der Waals surface area contributed by atoms with Gasteiger partial charge in [0.15, 0.2) is 5.69 Å². The molecule has 0 aliphatic carbocycles. The van der Waals surface area contributed by atoms with Crippen LogP contribution in [-0.2, 0) is 0 Å². The SMILES string of the molecule is CC(CCNc1cnc(C#N)cn1)c1ccccc1. The van der Waals surface area contributed by atoms with Crippen LogP contribution < -0.4 is 5.32 Å². The van der Waals surface area contributed by atoms with Gasteiger partial charge in [0.2, 0.25) is 0 Å². The molecule has 1 N–H and O–H groups in total. The Hall–Kier alpha value is -2.41. The zero-order valence-electron chi connectivity index (χ0n) is 10.9. The molecule has 0 saturated heterocycles. The predicted octanol–water partition coefficient (Wildman–Crippen LogP) is 2.95. The van der Waals surface area contributed by atoms with Crippen molar-refractivity contribution in [2.24, 2.45) is 0 Å². The maximum Gasteiger partial charge on any atom is 0.158 e. The van der Waals surface area contributed by atoms with Crippen molar-refractivity contribution in [2.75, 3.05) is 11.9 Å². The Kier molecular flexibility index (Phi) is 4.46. The van der Waals surface area contributed by atoms with Gasteiger partial charge in [0, 0.05) is 6.54 Å². The van der Waals surface area contributed by atoms with E-state index in [0.29, 0.717) is 17.4 Å². The van der Waals surface area contributed by atoms with Gasteiger partial charge < -0.3 is 5.32 Å². The van der Waals surface area contributed by atoms with Crippen molar-refractivity contribution < 1.29 is 0 Å². The second-order valence-electron chi connectivity index (χ2n) is 4.43. The molecule has 0 aliphatic rings. The van der Waals surface area contributed by atoms with Crippen molar-refractivity contribution in [1.82, 2.24) is 9.97 Å². The van der Waals surface area contributed by atoms with Crippen LogP contribution in [0.4, 0.5) is 5.82 Å². The molecular formula is C15H16N4. The standard InChI is InChI=1S/C15H16N4/c1-12(13-5-3-2-4-6-13)7-8-17-15-11-18-14(9-16)10-19-15/h2-6,10-12H,7-8H2,1H3,(H,17,19). The molecule has 2 rings (SSSR count). The first-order valence-electron chi connectivity index (χ1n) is 6.30. The number of nitrogens with zero attached hydrogens (tertiary/aromatic N) is 3. The van der Waals surface area contributed by atoms with Crippen LogP contribution in [0.1, 0.15) is 30.5 Å². The first-order valence-corrected chi connectivity index (χ1v) is 6.30. The highest BCUT2D eigenvalue weighted by Gasteiger charge is 2.04. The number of anilines is 1. The smallest absolute Gasteiger partial charge is 0.158 e. The molecule has 0 spiro atoms. The Morgan fingerprint density at radius 2 is 2.00 bits per heavy atom. The fourth-order valence-electron chi connectivity index (χ4n) is 1.84. The topological polar surface area (TPSA) is 61.6 Å². The Bertz CT molecular complexity index is 543. The zero-order valence-corrected chi connectivity index (χ0v) is 10.9. The fourth-order valence-corrected chi connectivity index (χ4v) is 1.84. The number of nitriles is 1. The minimum absolute atomic E-state index is 0.336. The van der Waals surface area contributed by atoms with E-state index in [9.17, 15) is 0 Å². The molecule has 1 aromatic carbocycles. The predicted molar refractivity (Wildman–Crippen MR) is 74.7 cm³/mol. The maximum atomic E-state index is 8.63. The molecule has 1 heterocycles. The zero-order chi connectivity index (χ0) is 13.5. The van der Waals surface area contributed by atoms with Crippen LogP contribution in [-0.4, -0.2) is 16.5 Å². The first-order chi connectivity index (χ1) is 9.29. The first kappa shape index (κ1) is 13.0. The van der Waals surface area contributed by atoms with Gasteiger partial charge in [-0.2, -0.15) is 5.26 Å². The number of benzene rings is 1. The lowest BCUT2D eigenvalue weighted by molar-refractivity contribution is 0.704. The van der Waals surface area contributed by atoms with Crippen molar-refractivity contribution in [3.8, 4) is 6.07 Å². The minimum atomic E-state index is 0.336. The summed E-state index contributed by atoms with van der Waals surface area (Å²) < 4.78 is 0. The van der Waals surface area contributed by atoms with Gasteiger partial charge in [-0.25, -0.2) is 9.97 Å². The summed E-state index contributed by atoms with van der Waals surface area (Å²) in [5, 5.41) is 11.8. The summed E-state index contributed by atoms with van der Waals surface area (Å²) in [4.78, 5) is 8.09. The Morgan fingerprint density at radius 1 is 1.21 bits per heavy atom. The van der Waals surface area contributed by atoms with Crippen LogP contribution in [0.2, 0.25) is 0 Å². The number of rotatable bonds is 5. The van der Waals surface area contributed by atoms with E-state index in [0.717, 1.165) is 13.0 Å². The number of nitrogens with one attached hydrogen (secondary N) is 1. The largest absolute Gasteiger partial charge is 0.369 e. The van der Waals surface area contributed by atoms with Crippen molar-refractivity contribution >= 4 is 5.82 Å². The van der Waals surface area contributed by atoms with Gasteiger partial charge in [-0.3, -0.25) is 0 Å². The summed E-state index contributed by atoms with van der Waals surface area (Å²) >= 11 is 0. The third-order valence-electron chi connectivity index (χ3n) is 3.02. The summed E-state index contributed by atoms with van der Waals surface area (Å²) in [7, 11) is 0. The van der Waals surface area contributed by atoms with Crippen LogP contribution in [0.15, 0.2) is 42.7 Å². The maximum absolute atomic E-state index is 8.63. The molecule has 0 saturated carbocycles. The van der Waals surface area contributed by atoms with Crippen LogP contribution >= 0.6 is 0 Å². The highest BCUT2D eigenvalue weighted by atomic mass is 15.0. The minimum Gasteiger partial charge on any atom is -0.369 e. The number of hydrogen-bond donors (Lipinski definition) is 1. The molecule has 0 amide bonds. The van der Waals surface area contributed by atoms with E-state index in [1.807, 2.05) is 12.1 Å². The molecule has 19 heavy (non-hydrogen) atoms. The quantitative estimate of drug-likeness (QED) is 0.888. The summed E-state index contributed by atoms with van der Waals surface area (Å²) in [6.07, 6.45) is 4.08. The third kappa shape index (κ3) is 3.78. The monoisotopic (exact) mass is 252 g/mol. The highest BCUT2D eigenvalue weighted by molar-refractivity contribution is 5.33. The molecule has 1 unspecified atom stereocenters. The molecule has 4 heteroatoms. The summed E-state index contributed by atoms with van der Waals surface area (Å²) in [6, 6.07) is 12.4. The molecule has 1 aromatic heterocycles. The second-order valence-corrected chi connectivity index (χ2v) is 4.43. The van der Waals surface area contributed by atoms with Gasteiger partial charge in [-0.15, -0.1) is 0 Å². The molecule has 0 fully saturated rings. The lowest BCUT2D eigenvalue weighted by Crippen LogP contribution is -2.07. The molecule has 96 valence electrons. The van der Waals surface area contributed by atoms with Crippen LogP contribution in [0.5, 0.6) is 0 Å². The number of aromatic nitrogens is 2. The second kappa shape index (κ2) is 6.50. The number of hydrogen-bond acceptors (Lipinski definition) is 4. The molecule has 4 nitrogen and oxygen atoms in total. The van der Waals surface area contributed by atoms with Crippen LogP contribution in [0, 0.1) is 11.3 Å². The average Bonchev–Trinajstić information content (AvgIpc) is 2.49. The Morgan fingerprint density at radius 3 is 2.63 bits per heavy atom. The molecule has 0 aliphatic heterocycles. The normalized spacial score (nSPS) is 11.6. The van der Waals surface area contributed by atoms with Crippen molar-refractivity contribution in [3.63, 3.8) is 0 Å². The molecule has 0 radical (unpaired) electrons. The van der Waals surface area contributed by atoms with Gasteiger partial charge in [0.05, 0.1) is 12.4 Å². The van der Waals surface area contributed by atoms with E-state index in [2.05, 4.69) is 46.5 Å². The Labute approximate surface area is 113 Å². The lowest BCUT2D eigenvalue weighted by atomic mass is 9.98. The van der Waals surface area contributed by atoms with E-state index in [4.69, 9.17) is 5.26 Å². The fraction of sp³-hybridized carbons (Fsp3) is 0.267. The van der Waals surface area contributed by atoms with Gasteiger partial charge in [0.25, 0.3) is 0 Å². The van der Waals surface area contributed by atoms with Crippen molar-refractivity contribution in [3.05, 3.63) is 54.0 Å². The van der Waals surface area contributed by atoms with Gasteiger partial charge >= 0.3 is 0 Å². The van der Waals surface area contributed by atoms with E-state index < -0.39 is 0 Å². The van der Waals surface area contributed by atoms with Gasteiger partial charge in [0.1, 0.15) is 11.9 Å². The summed E-state index contributed by atoms with van der Waals surface area (Å²) in [5.41, 5.74) is 1.68. The molecule has 2 aromatic rings. The van der Waals surface area contributed by atoms with Crippen molar-refractivity contribution in [2.45, 2.75) is 19.3 Å². The van der Waals surface area contributed by atoms with Gasteiger partial charge in [-0.1, -0.05) is 37.3 Å². The summed E-state index contributed by atoms with van der Waals surface area (Å²) in [5.74, 6) is 1.21. The van der Waals surface area contributed by atoms with E-state index in [1.54, 1.807) is 6.20 Å². The summed E-state index contributed by atoms with van der Waals surface area (Å²) in [6.45, 7) is 3.04. The molecule has 0 bridgehead atoms. The van der Waals surface area contributed by atoms with E-state index >= 15 is 0 Å². The Balaban J connectivity index is 1.81. The van der Waals surface area contributed by atoms with E-state index in [-0.39, 0.29) is 0 Å². The lowest BCUT2D eigenvalue weighted by Gasteiger charge is -2.12. The van der Waals surface area contributed by atoms with Gasteiger partial charge in [-0.05, 0) is 17.9 Å². The van der Waals surface area contributed by atoms with Crippen LogP contribution in [0.25, 0.3) is 0 Å². The molecular weight excluding hydrogens is 236 g/mol. The highest BCUT2D eigenvalue weighted by Crippen LogP contribution is 2.18. The van der Waals surface area contributed by atoms with Crippen molar-refractivity contribution in [1.29, 1.82) is 5.26 Å². The van der Waals surface area contributed by atoms with E-state index in [1.165, 1.54) is 11.8 Å². The average molecular weight is 252 g/mol.